The monoisotopic (exact) mass is 487 g/mol. The number of hydrogen-bond acceptors (Lipinski definition) is 6. The Kier molecular flexibility index (Phi) is 6.51. The van der Waals surface area contributed by atoms with E-state index < -0.39 is 21.9 Å². The van der Waals surface area contributed by atoms with Crippen molar-refractivity contribution < 1.29 is 22.7 Å². The van der Waals surface area contributed by atoms with E-state index in [1.807, 2.05) is 0 Å². The van der Waals surface area contributed by atoms with Crippen LogP contribution in [-0.4, -0.2) is 49.4 Å². The van der Waals surface area contributed by atoms with E-state index in [0.717, 1.165) is 35.9 Å². The number of aromatic nitrogens is 1. The van der Waals surface area contributed by atoms with Crippen LogP contribution in [0.3, 0.4) is 0 Å². The van der Waals surface area contributed by atoms with Crippen LogP contribution in [0.25, 0.3) is 10.2 Å². The van der Waals surface area contributed by atoms with Crippen molar-refractivity contribution in [1.82, 2.24) is 8.87 Å². The molecule has 0 bridgehead atoms. The summed E-state index contributed by atoms with van der Waals surface area (Å²) in [4.78, 5) is 29.4. The molecule has 33 heavy (non-hydrogen) atoms. The molecule has 0 atom stereocenters. The van der Waals surface area contributed by atoms with Gasteiger partial charge in [0, 0.05) is 25.7 Å². The Labute approximate surface area is 196 Å². The second-order valence-electron chi connectivity index (χ2n) is 8.02. The lowest BCUT2D eigenvalue weighted by Crippen LogP contribution is -2.35. The van der Waals surface area contributed by atoms with Gasteiger partial charge in [0.2, 0.25) is 10.0 Å². The van der Waals surface area contributed by atoms with Crippen LogP contribution in [-0.2, 0) is 21.8 Å². The third-order valence-electron chi connectivity index (χ3n) is 6.04. The van der Waals surface area contributed by atoms with E-state index in [9.17, 15) is 18.0 Å². The first-order valence-electron chi connectivity index (χ1n) is 10.6. The quantitative estimate of drug-likeness (QED) is 0.514. The van der Waals surface area contributed by atoms with E-state index in [4.69, 9.17) is 4.74 Å². The van der Waals surface area contributed by atoms with E-state index in [1.165, 1.54) is 47.0 Å². The number of ether oxygens (including phenoxy) is 1. The number of rotatable bonds is 5. The first-order valence-corrected chi connectivity index (χ1v) is 12.8. The van der Waals surface area contributed by atoms with Gasteiger partial charge in [-0.3, -0.25) is 4.79 Å². The Hall–Kier alpha value is -2.82. The first-order chi connectivity index (χ1) is 15.7. The van der Waals surface area contributed by atoms with Gasteiger partial charge in [0.05, 0.1) is 27.8 Å². The standard InChI is InChI=1S/C23H25N3O5S2/c1-25-19-13-10-16(22(28)31-3)14-20(19)32-23(25)24-21(27)15-8-11-18(12-9-15)33(29,30)26(2)17-6-4-5-7-17/h8-14,17H,4-7H2,1-3H3. The Bertz CT molecular complexity index is 1380. The number of nitrogens with zero attached hydrogens (tertiary/aromatic N) is 3. The average molecular weight is 488 g/mol. The van der Waals surface area contributed by atoms with Crippen LogP contribution >= 0.6 is 11.3 Å². The van der Waals surface area contributed by atoms with Crippen LogP contribution in [0.4, 0.5) is 0 Å². The maximum Gasteiger partial charge on any atom is 0.337 e. The minimum atomic E-state index is -3.61. The molecule has 1 aliphatic carbocycles. The number of fused-ring (bicyclic) bond motifs is 1. The van der Waals surface area contributed by atoms with E-state index in [-0.39, 0.29) is 10.9 Å². The molecule has 0 saturated heterocycles. The average Bonchev–Trinajstić information content (AvgIpc) is 3.46. The van der Waals surface area contributed by atoms with E-state index in [1.54, 1.807) is 36.9 Å². The molecule has 1 aliphatic rings. The zero-order valence-corrected chi connectivity index (χ0v) is 20.3. The highest BCUT2D eigenvalue weighted by Gasteiger charge is 2.30. The van der Waals surface area contributed by atoms with Crippen molar-refractivity contribution in [3.63, 3.8) is 0 Å². The van der Waals surface area contributed by atoms with Gasteiger partial charge in [-0.25, -0.2) is 13.2 Å². The number of methoxy groups -OCH3 is 1. The summed E-state index contributed by atoms with van der Waals surface area (Å²) in [6.45, 7) is 0. The summed E-state index contributed by atoms with van der Waals surface area (Å²) in [6, 6.07) is 11.1. The molecular formula is C23H25N3O5S2. The third kappa shape index (κ3) is 4.50. The molecule has 1 saturated carbocycles. The molecule has 174 valence electrons. The van der Waals surface area contributed by atoms with Crippen LogP contribution in [0.2, 0.25) is 0 Å². The van der Waals surface area contributed by atoms with Crippen molar-refractivity contribution >= 4 is 43.5 Å². The second kappa shape index (κ2) is 9.20. The van der Waals surface area contributed by atoms with Gasteiger partial charge in [-0.15, -0.1) is 0 Å². The molecule has 0 unspecified atom stereocenters. The zero-order valence-electron chi connectivity index (χ0n) is 18.6. The van der Waals surface area contributed by atoms with Crippen molar-refractivity contribution in [2.75, 3.05) is 14.2 Å². The maximum absolute atomic E-state index is 12.9. The molecular weight excluding hydrogens is 462 g/mol. The fourth-order valence-electron chi connectivity index (χ4n) is 4.04. The van der Waals surface area contributed by atoms with Gasteiger partial charge >= 0.3 is 5.97 Å². The molecule has 1 aromatic heterocycles. The molecule has 0 N–H and O–H groups in total. The molecule has 0 radical (unpaired) electrons. The number of esters is 1. The minimum Gasteiger partial charge on any atom is -0.465 e. The molecule has 4 rings (SSSR count). The fraction of sp³-hybridized carbons (Fsp3) is 0.348. The number of carbonyl (C=O) groups is 2. The van der Waals surface area contributed by atoms with Crippen LogP contribution in [0, 0.1) is 0 Å². The number of benzene rings is 2. The normalized spacial score (nSPS) is 15.5. The van der Waals surface area contributed by atoms with Gasteiger partial charge in [-0.05, 0) is 55.3 Å². The predicted octanol–water partition coefficient (Wildman–Crippen LogP) is 3.33. The molecule has 10 heteroatoms. The lowest BCUT2D eigenvalue weighted by atomic mass is 10.2. The van der Waals surface area contributed by atoms with E-state index >= 15 is 0 Å². The van der Waals surface area contributed by atoms with E-state index in [0.29, 0.717) is 15.9 Å². The summed E-state index contributed by atoms with van der Waals surface area (Å²) in [7, 11) is 1.12. The van der Waals surface area contributed by atoms with Gasteiger partial charge in [-0.1, -0.05) is 24.2 Å². The van der Waals surface area contributed by atoms with Crippen LogP contribution in [0.15, 0.2) is 52.4 Å². The molecule has 0 spiro atoms. The van der Waals surface area contributed by atoms with Crippen molar-refractivity contribution in [3.05, 3.63) is 58.4 Å². The molecule has 1 amide bonds. The smallest absolute Gasteiger partial charge is 0.337 e. The fourth-order valence-corrected chi connectivity index (χ4v) is 6.51. The maximum atomic E-state index is 12.9. The topological polar surface area (TPSA) is 98.0 Å². The lowest BCUT2D eigenvalue weighted by molar-refractivity contribution is 0.0600. The Morgan fingerprint density at radius 2 is 1.73 bits per heavy atom. The number of sulfonamides is 1. The molecule has 1 heterocycles. The number of amides is 1. The Balaban J connectivity index is 1.60. The molecule has 0 aliphatic heterocycles. The van der Waals surface area contributed by atoms with Gasteiger partial charge in [0.25, 0.3) is 5.91 Å². The van der Waals surface area contributed by atoms with Gasteiger partial charge < -0.3 is 9.30 Å². The van der Waals surface area contributed by atoms with Gasteiger partial charge in [0.15, 0.2) is 4.80 Å². The summed E-state index contributed by atoms with van der Waals surface area (Å²) in [5, 5.41) is 0. The molecule has 8 nitrogen and oxygen atoms in total. The highest BCUT2D eigenvalue weighted by molar-refractivity contribution is 7.89. The number of aryl methyl sites for hydroxylation is 1. The van der Waals surface area contributed by atoms with Crippen LogP contribution in [0.5, 0.6) is 0 Å². The summed E-state index contributed by atoms with van der Waals surface area (Å²) in [5.74, 6) is -0.908. The summed E-state index contributed by atoms with van der Waals surface area (Å²) in [5.41, 5.74) is 1.55. The summed E-state index contributed by atoms with van der Waals surface area (Å²) >= 11 is 1.28. The predicted molar refractivity (Wildman–Crippen MR) is 126 cm³/mol. The lowest BCUT2D eigenvalue weighted by Gasteiger charge is -2.23. The SMILES string of the molecule is COC(=O)c1ccc2c(c1)sc(=NC(=O)c1ccc(S(=O)(=O)N(C)C3CCCC3)cc1)n2C. The van der Waals surface area contributed by atoms with E-state index in [2.05, 4.69) is 4.99 Å². The number of carbonyl (C=O) groups excluding carboxylic acids is 2. The summed E-state index contributed by atoms with van der Waals surface area (Å²) < 4.78 is 34.6. The van der Waals surface area contributed by atoms with Crippen LogP contribution in [0.1, 0.15) is 46.4 Å². The summed E-state index contributed by atoms with van der Waals surface area (Å²) in [6.07, 6.45) is 3.83. The van der Waals surface area contributed by atoms with Gasteiger partial charge in [-0.2, -0.15) is 9.30 Å². The highest BCUT2D eigenvalue weighted by Crippen LogP contribution is 2.27. The Morgan fingerprint density at radius 1 is 1.09 bits per heavy atom. The largest absolute Gasteiger partial charge is 0.465 e. The Morgan fingerprint density at radius 3 is 2.36 bits per heavy atom. The molecule has 3 aromatic rings. The molecule has 1 fully saturated rings. The third-order valence-corrected chi connectivity index (χ3v) is 9.06. The van der Waals surface area contributed by atoms with Crippen molar-refractivity contribution in [1.29, 1.82) is 0 Å². The minimum absolute atomic E-state index is 0.0268. The molecule has 2 aromatic carbocycles. The van der Waals surface area contributed by atoms with Crippen molar-refractivity contribution in [2.24, 2.45) is 12.0 Å². The zero-order chi connectivity index (χ0) is 23.8. The first kappa shape index (κ1) is 23.3. The highest BCUT2D eigenvalue weighted by atomic mass is 32.2. The number of thiazole rings is 1. The van der Waals surface area contributed by atoms with Crippen molar-refractivity contribution in [2.45, 2.75) is 36.6 Å². The second-order valence-corrected chi connectivity index (χ2v) is 11.0. The van der Waals surface area contributed by atoms with Crippen LogP contribution < -0.4 is 4.80 Å². The van der Waals surface area contributed by atoms with Gasteiger partial charge in [0.1, 0.15) is 0 Å². The number of hydrogen-bond donors (Lipinski definition) is 0. The van der Waals surface area contributed by atoms with Crippen molar-refractivity contribution in [3.8, 4) is 0 Å².